The fourth-order valence-corrected chi connectivity index (χ4v) is 1.30. The molecule has 0 N–H and O–H groups in total. The molecule has 0 bridgehead atoms. The van der Waals surface area contributed by atoms with E-state index in [2.05, 4.69) is 0 Å². The van der Waals surface area contributed by atoms with E-state index in [1.54, 1.807) is 18.2 Å². The van der Waals surface area contributed by atoms with Crippen LogP contribution in [0, 0.1) is 34.0 Å². The van der Waals surface area contributed by atoms with Crippen LogP contribution in [-0.4, -0.2) is 13.7 Å². The second-order valence-corrected chi connectivity index (χ2v) is 3.29. The van der Waals surface area contributed by atoms with Crippen molar-refractivity contribution in [1.29, 1.82) is 15.8 Å². The summed E-state index contributed by atoms with van der Waals surface area (Å²) in [5.41, 5.74) is -3.15. The summed E-state index contributed by atoms with van der Waals surface area (Å²) in [6.45, 7) is 0. The fourth-order valence-electron chi connectivity index (χ4n) is 1.30. The van der Waals surface area contributed by atoms with Crippen LogP contribution in [0.15, 0.2) is 32.6 Å². The third-order valence-electron chi connectivity index (χ3n) is 2.13. The Balaban J connectivity index is 3.91. The van der Waals surface area contributed by atoms with E-state index in [4.69, 9.17) is 15.8 Å². The molecule has 0 atom stereocenters. The topological polar surface area (TPSA) is 137 Å². The summed E-state index contributed by atoms with van der Waals surface area (Å²) in [6.07, 6.45) is 5.21. The van der Waals surface area contributed by atoms with E-state index >= 15 is 0 Å². The number of hydrogen-bond donors (Lipinski definition) is 0. The van der Waals surface area contributed by atoms with Crippen molar-refractivity contribution in [1.82, 2.24) is 13.7 Å². The molecule has 102 valence electrons. The van der Waals surface area contributed by atoms with Gasteiger partial charge in [0.25, 0.3) is 0 Å². The highest BCUT2D eigenvalue weighted by Crippen LogP contribution is 1.81. The van der Waals surface area contributed by atoms with Gasteiger partial charge in [-0.25, -0.2) is 28.1 Å². The molecule has 21 heavy (non-hydrogen) atoms. The number of aromatic nitrogens is 3. The van der Waals surface area contributed by atoms with Gasteiger partial charge in [0, 0.05) is 36.8 Å². The first-order chi connectivity index (χ1) is 10.1. The highest BCUT2D eigenvalue weighted by molar-refractivity contribution is 5.34. The molecule has 1 aromatic rings. The Morgan fingerprint density at radius 3 is 1.05 bits per heavy atom. The van der Waals surface area contributed by atoms with Gasteiger partial charge in [-0.05, 0) is 0 Å². The first kappa shape index (κ1) is 15.2. The van der Waals surface area contributed by atoms with Crippen LogP contribution in [0.1, 0.15) is 0 Å². The smallest absolute Gasteiger partial charge is 0.247 e. The summed E-state index contributed by atoms with van der Waals surface area (Å²) in [5.74, 6) is 0. The lowest BCUT2D eigenvalue weighted by Crippen LogP contribution is -2.50. The molecule has 0 saturated heterocycles. The van der Waals surface area contributed by atoms with E-state index in [-0.39, 0.29) is 0 Å². The van der Waals surface area contributed by atoms with Crippen LogP contribution in [0.25, 0.3) is 18.6 Å². The van der Waals surface area contributed by atoms with E-state index in [1.165, 1.54) is 0 Å². The Hall–Kier alpha value is -3.90. The van der Waals surface area contributed by atoms with Crippen LogP contribution in [0.4, 0.5) is 0 Å². The molecule has 0 radical (unpaired) electrons. The maximum Gasteiger partial charge on any atom is 0.344 e. The van der Waals surface area contributed by atoms with Gasteiger partial charge in [-0.3, -0.25) is 0 Å². The number of nitrogens with zero attached hydrogens (tertiary/aromatic N) is 6. The van der Waals surface area contributed by atoms with Crippen LogP contribution < -0.4 is 17.1 Å². The van der Waals surface area contributed by atoms with Gasteiger partial charge in [-0.15, -0.1) is 0 Å². The normalized spacial score (nSPS) is 10.7. The van der Waals surface area contributed by atoms with Crippen molar-refractivity contribution in [2.24, 2.45) is 0 Å². The van der Waals surface area contributed by atoms with Gasteiger partial charge in [0.1, 0.15) is 0 Å². The molecule has 0 amide bonds. The third-order valence-corrected chi connectivity index (χ3v) is 2.13. The zero-order chi connectivity index (χ0) is 15.8. The summed E-state index contributed by atoms with van der Waals surface area (Å²) in [6, 6.07) is 4.78. The quantitative estimate of drug-likeness (QED) is 0.662. The maximum atomic E-state index is 12.0. The standard InChI is InChI=1S/C12H6N6O3/c13-4-1-7-16-10(19)17(8-2-5-14)12(21)18(11(16)20)9-3-6-15/h1-3,7-9H/b7-1-,8-2+,9-3+. The molecule has 0 aliphatic carbocycles. The molecule has 0 aliphatic rings. The molecule has 9 heteroatoms. The molecule has 0 fully saturated rings. The van der Waals surface area contributed by atoms with Gasteiger partial charge < -0.3 is 0 Å². The Kier molecular flexibility index (Phi) is 4.97. The van der Waals surface area contributed by atoms with Gasteiger partial charge in [0.05, 0.1) is 18.2 Å². The Morgan fingerprint density at radius 1 is 0.619 bits per heavy atom. The average molecular weight is 282 g/mol. The molecule has 0 aromatic carbocycles. The van der Waals surface area contributed by atoms with Crippen LogP contribution >= 0.6 is 0 Å². The largest absolute Gasteiger partial charge is 0.344 e. The average Bonchev–Trinajstić information content (AvgIpc) is 2.47. The minimum absolute atomic E-state index is 0.494. The van der Waals surface area contributed by atoms with Crippen molar-refractivity contribution in [3.8, 4) is 18.2 Å². The molecule has 1 aromatic heterocycles. The van der Waals surface area contributed by atoms with Crippen molar-refractivity contribution in [3.63, 3.8) is 0 Å². The van der Waals surface area contributed by atoms with Gasteiger partial charge in [-0.2, -0.15) is 15.8 Å². The Labute approximate surface area is 117 Å². The predicted molar refractivity (Wildman–Crippen MR) is 72.1 cm³/mol. The van der Waals surface area contributed by atoms with Gasteiger partial charge >= 0.3 is 17.1 Å². The predicted octanol–water partition coefficient (Wildman–Crippen LogP) is -0.845. The minimum Gasteiger partial charge on any atom is -0.247 e. The van der Waals surface area contributed by atoms with Crippen molar-refractivity contribution in [3.05, 3.63) is 49.7 Å². The molecule has 0 aliphatic heterocycles. The number of nitriles is 3. The van der Waals surface area contributed by atoms with Crippen LogP contribution in [0.3, 0.4) is 0 Å². The molecule has 9 nitrogen and oxygen atoms in total. The summed E-state index contributed by atoms with van der Waals surface area (Å²) in [7, 11) is 0. The van der Waals surface area contributed by atoms with Crippen LogP contribution in [0.5, 0.6) is 0 Å². The molecular formula is C12H6N6O3. The van der Waals surface area contributed by atoms with Crippen molar-refractivity contribution in [2.45, 2.75) is 0 Å². The molecular weight excluding hydrogens is 276 g/mol. The fraction of sp³-hybridized carbons (Fsp3) is 0. The lowest BCUT2D eigenvalue weighted by atomic mass is 10.6. The zero-order valence-electron chi connectivity index (χ0n) is 10.4. The van der Waals surface area contributed by atoms with Crippen molar-refractivity contribution in [2.75, 3.05) is 0 Å². The molecule has 1 rings (SSSR count). The summed E-state index contributed by atoms with van der Waals surface area (Å²) >= 11 is 0. The van der Waals surface area contributed by atoms with E-state index < -0.39 is 17.1 Å². The highest BCUT2D eigenvalue weighted by atomic mass is 16.2. The molecule has 0 unspecified atom stereocenters. The summed E-state index contributed by atoms with van der Waals surface area (Å²) in [4.78, 5) is 35.9. The van der Waals surface area contributed by atoms with Crippen molar-refractivity contribution < 1.29 is 0 Å². The van der Waals surface area contributed by atoms with Crippen LogP contribution in [-0.2, 0) is 0 Å². The Bertz CT molecular complexity index is 780. The molecule has 0 spiro atoms. The molecule has 1 heterocycles. The van der Waals surface area contributed by atoms with E-state index in [0.717, 1.165) is 36.8 Å². The lowest BCUT2D eigenvalue weighted by Gasteiger charge is -2.05. The Morgan fingerprint density at radius 2 is 0.857 bits per heavy atom. The monoisotopic (exact) mass is 282 g/mol. The SMILES string of the molecule is N#C/C=C\n1c(=O)n(/C=C/C#N)c(=O)n(/C=C/C#N)c1=O. The second-order valence-electron chi connectivity index (χ2n) is 3.29. The number of hydrogen-bond acceptors (Lipinski definition) is 6. The first-order valence-corrected chi connectivity index (χ1v) is 5.27. The van der Waals surface area contributed by atoms with Gasteiger partial charge in [-0.1, -0.05) is 0 Å². The third kappa shape index (κ3) is 3.11. The zero-order valence-corrected chi connectivity index (χ0v) is 10.4. The van der Waals surface area contributed by atoms with E-state index in [0.29, 0.717) is 13.7 Å². The summed E-state index contributed by atoms with van der Waals surface area (Å²) in [5, 5.41) is 25.3. The highest BCUT2D eigenvalue weighted by Gasteiger charge is 2.10. The maximum absolute atomic E-state index is 12.0. The van der Waals surface area contributed by atoms with E-state index in [9.17, 15) is 14.4 Å². The first-order valence-electron chi connectivity index (χ1n) is 5.27. The number of rotatable bonds is 3. The van der Waals surface area contributed by atoms with Crippen LogP contribution in [0.2, 0.25) is 0 Å². The summed E-state index contributed by atoms with van der Waals surface area (Å²) < 4.78 is 1.48. The lowest BCUT2D eigenvalue weighted by molar-refractivity contribution is 0.709. The van der Waals surface area contributed by atoms with Gasteiger partial charge in [0.15, 0.2) is 0 Å². The minimum atomic E-state index is -1.05. The van der Waals surface area contributed by atoms with Crippen molar-refractivity contribution >= 4 is 18.6 Å². The molecule has 0 saturated carbocycles. The van der Waals surface area contributed by atoms with E-state index in [1.807, 2.05) is 0 Å². The number of allylic oxidation sites excluding steroid dienone is 3. The second kappa shape index (κ2) is 6.88. The van der Waals surface area contributed by atoms with Gasteiger partial charge in [0.2, 0.25) is 0 Å².